The van der Waals surface area contributed by atoms with Gasteiger partial charge in [0.05, 0.1) is 4.90 Å². The lowest BCUT2D eigenvalue weighted by Crippen LogP contribution is -2.24. The summed E-state index contributed by atoms with van der Waals surface area (Å²) >= 11 is 0. The molecule has 0 fully saturated rings. The number of hydrogen-bond acceptors (Lipinski definition) is 3. The van der Waals surface area contributed by atoms with Crippen LogP contribution in [0.15, 0.2) is 52.4 Å². The highest BCUT2D eigenvalue weighted by Crippen LogP contribution is 2.27. The number of sulfone groups is 1. The third kappa shape index (κ3) is 5.93. The van der Waals surface area contributed by atoms with Gasteiger partial charge in [-0.1, -0.05) is 24.3 Å². The Morgan fingerprint density at radius 2 is 1.81 bits per heavy atom. The van der Waals surface area contributed by atoms with E-state index in [4.69, 9.17) is 5.73 Å². The van der Waals surface area contributed by atoms with Gasteiger partial charge in [0.25, 0.3) is 0 Å². The van der Waals surface area contributed by atoms with Crippen molar-refractivity contribution >= 4 is 45.5 Å². The van der Waals surface area contributed by atoms with Crippen molar-refractivity contribution in [1.29, 1.82) is 0 Å². The molecule has 0 unspecified atom stereocenters. The van der Waals surface area contributed by atoms with E-state index in [1.807, 2.05) is 12.1 Å². The first-order chi connectivity index (χ1) is 12.4. The van der Waals surface area contributed by atoms with Gasteiger partial charge >= 0.3 is 0 Å². The molecule has 3 N–H and O–H groups in total. The molecular formula is C20H26IN3O2S. The van der Waals surface area contributed by atoms with E-state index in [9.17, 15) is 8.42 Å². The smallest absolute Gasteiger partial charge is 0.193 e. The monoisotopic (exact) mass is 499 g/mol. The molecule has 0 saturated heterocycles. The topological polar surface area (TPSA) is 84.5 Å². The van der Waals surface area contributed by atoms with E-state index in [0.717, 1.165) is 24.1 Å². The van der Waals surface area contributed by atoms with E-state index >= 15 is 0 Å². The molecule has 7 heteroatoms. The number of aliphatic imine (C=N–C) groups is 1. The van der Waals surface area contributed by atoms with Crippen molar-refractivity contribution < 1.29 is 8.42 Å². The first-order valence-electron chi connectivity index (χ1n) is 8.90. The maximum absolute atomic E-state index is 11.5. The van der Waals surface area contributed by atoms with Gasteiger partial charge in [-0.3, -0.25) is 4.99 Å². The zero-order chi connectivity index (χ0) is 18.6. The van der Waals surface area contributed by atoms with Crippen LogP contribution in [0.4, 0.5) is 5.69 Å². The molecule has 146 valence electrons. The fourth-order valence-electron chi connectivity index (χ4n) is 3.28. The molecule has 0 heterocycles. The maximum atomic E-state index is 11.5. The minimum Gasteiger partial charge on any atom is -0.370 e. The molecule has 0 aromatic heterocycles. The van der Waals surface area contributed by atoms with Crippen molar-refractivity contribution in [3.8, 4) is 0 Å². The molecule has 5 nitrogen and oxygen atoms in total. The lowest BCUT2D eigenvalue weighted by Gasteiger charge is -2.19. The van der Waals surface area contributed by atoms with Crippen LogP contribution in [0, 0.1) is 0 Å². The number of benzene rings is 2. The van der Waals surface area contributed by atoms with Gasteiger partial charge in [-0.2, -0.15) is 0 Å². The number of nitrogens with two attached hydrogens (primary N) is 1. The second kappa shape index (κ2) is 9.54. The standard InChI is InChI=1S/C20H25N3O2S.HI/c1-26(24,25)17-11-9-15(10-12-17)13-14-22-20(21)23-19-8-4-6-16-5-2-3-7-18(16)19;/h4,6,8-12H,2-3,5,7,13-14H2,1H3,(H3,21,22,23);1H. The van der Waals surface area contributed by atoms with E-state index in [1.54, 1.807) is 12.1 Å². The second-order valence-electron chi connectivity index (χ2n) is 6.71. The summed E-state index contributed by atoms with van der Waals surface area (Å²) in [6, 6.07) is 13.2. The molecule has 0 aliphatic heterocycles. The molecule has 0 saturated carbocycles. The fourth-order valence-corrected chi connectivity index (χ4v) is 3.92. The Bertz CT molecular complexity index is 909. The number of guanidine groups is 1. The number of aryl methyl sites for hydroxylation is 1. The van der Waals surface area contributed by atoms with Gasteiger partial charge in [-0.15, -0.1) is 24.0 Å². The van der Waals surface area contributed by atoms with Crippen LogP contribution in [0.25, 0.3) is 0 Å². The predicted molar refractivity (Wildman–Crippen MR) is 122 cm³/mol. The van der Waals surface area contributed by atoms with Crippen LogP contribution in [0.1, 0.15) is 29.5 Å². The van der Waals surface area contributed by atoms with Gasteiger partial charge < -0.3 is 11.1 Å². The van der Waals surface area contributed by atoms with Crippen molar-refractivity contribution in [2.75, 3.05) is 18.1 Å². The van der Waals surface area contributed by atoms with Crippen LogP contribution in [0.3, 0.4) is 0 Å². The zero-order valence-corrected chi connectivity index (χ0v) is 18.6. The summed E-state index contributed by atoms with van der Waals surface area (Å²) in [6.07, 6.45) is 6.59. The minimum atomic E-state index is -3.15. The van der Waals surface area contributed by atoms with E-state index in [1.165, 1.54) is 30.2 Å². The van der Waals surface area contributed by atoms with Crippen molar-refractivity contribution in [2.45, 2.75) is 37.0 Å². The average molecular weight is 499 g/mol. The normalized spacial score (nSPS) is 14.2. The Labute approximate surface area is 178 Å². The van der Waals surface area contributed by atoms with Crippen LogP contribution in [-0.2, 0) is 29.1 Å². The number of rotatable bonds is 5. The van der Waals surface area contributed by atoms with Crippen LogP contribution >= 0.6 is 24.0 Å². The summed E-state index contributed by atoms with van der Waals surface area (Å²) in [5.41, 5.74) is 10.9. The van der Waals surface area contributed by atoms with Crippen molar-refractivity contribution in [3.63, 3.8) is 0 Å². The highest BCUT2D eigenvalue weighted by Gasteiger charge is 2.13. The van der Waals surface area contributed by atoms with Crippen molar-refractivity contribution in [2.24, 2.45) is 10.7 Å². The Kier molecular flexibility index (Phi) is 7.67. The summed E-state index contributed by atoms with van der Waals surface area (Å²) in [5, 5.41) is 3.23. The molecule has 1 aliphatic rings. The van der Waals surface area contributed by atoms with Crippen LogP contribution < -0.4 is 11.1 Å². The average Bonchev–Trinajstić information content (AvgIpc) is 2.62. The summed E-state index contributed by atoms with van der Waals surface area (Å²) in [5.74, 6) is 0.414. The Hall–Kier alpha value is -1.61. The van der Waals surface area contributed by atoms with Crippen molar-refractivity contribution in [3.05, 3.63) is 59.2 Å². The zero-order valence-electron chi connectivity index (χ0n) is 15.4. The van der Waals surface area contributed by atoms with Crippen LogP contribution in [0.5, 0.6) is 0 Å². The number of nitrogens with one attached hydrogen (secondary N) is 1. The van der Waals surface area contributed by atoms with Gasteiger partial charge in [-0.05, 0) is 67.0 Å². The minimum absolute atomic E-state index is 0. The highest BCUT2D eigenvalue weighted by molar-refractivity contribution is 14.0. The molecule has 0 radical (unpaired) electrons. The van der Waals surface area contributed by atoms with E-state index in [-0.39, 0.29) is 24.0 Å². The number of hydrogen-bond donors (Lipinski definition) is 2. The molecule has 0 bridgehead atoms. The number of anilines is 1. The number of fused-ring (bicyclic) bond motifs is 1. The predicted octanol–water partition coefficient (Wildman–Crippen LogP) is 3.56. The summed E-state index contributed by atoms with van der Waals surface area (Å²) in [6.45, 7) is 0.548. The summed E-state index contributed by atoms with van der Waals surface area (Å²) in [4.78, 5) is 4.73. The molecule has 1 aliphatic carbocycles. The molecular weight excluding hydrogens is 473 g/mol. The van der Waals surface area contributed by atoms with Crippen LogP contribution in [-0.4, -0.2) is 27.2 Å². The third-order valence-electron chi connectivity index (χ3n) is 4.69. The quantitative estimate of drug-likeness (QED) is 0.375. The third-order valence-corrected chi connectivity index (χ3v) is 5.82. The van der Waals surface area contributed by atoms with E-state index in [2.05, 4.69) is 28.5 Å². The maximum Gasteiger partial charge on any atom is 0.193 e. The molecule has 0 atom stereocenters. The van der Waals surface area contributed by atoms with Crippen LogP contribution in [0.2, 0.25) is 0 Å². The van der Waals surface area contributed by atoms with Gasteiger partial charge in [0.15, 0.2) is 15.8 Å². The SMILES string of the molecule is CS(=O)(=O)c1ccc(CCN=C(N)Nc2cccc3c2CCCC3)cc1.I. The lowest BCUT2D eigenvalue weighted by molar-refractivity contribution is 0.602. The highest BCUT2D eigenvalue weighted by atomic mass is 127. The van der Waals surface area contributed by atoms with E-state index in [0.29, 0.717) is 23.8 Å². The molecule has 0 amide bonds. The Balaban J connectivity index is 0.00000261. The summed E-state index contributed by atoms with van der Waals surface area (Å²) < 4.78 is 23.0. The molecule has 0 spiro atoms. The number of halogens is 1. The second-order valence-corrected chi connectivity index (χ2v) is 8.72. The molecule has 2 aromatic rings. The van der Waals surface area contributed by atoms with Crippen molar-refractivity contribution in [1.82, 2.24) is 0 Å². The van der Waals surface area contributed by atoms with Gasteiger partial charge in [0, 0.05) is 18.5 Å². The molecule has 27 heavy (non-hydrogen) atoms. The van der Waals surface area contributed by atoms with Gasteiger partial charge in [-0.25, -0.2) is 8.42 Å². The largest absolute Gasteiger partial charge is 0.370 e. The van der Waals surface area contributed by atoms with Gasteiger partial charge in [0.1, 0.15) is 0 Å². The molecule has 3 rings (SSSR count). The first-order valence-corrected chi connectivity index (χ1v) is 10.8. The first kappa shape index (κ1) is 21.7. The molecule has 2 aromatic carbocycles. The fraction of sp³-hybridized carbons (Fsp3) is 0.350. The van der Waals surface area contributed by atoms with E-state index < -0.39 is 9.84 Å². The lowest BCUT2D eigenvalue weighted by atomic mass is 9.90. The Morgan fingerprint density at radius 3 is 2.52 bits per heavy atom. The number of nitrogens with zero attached hydrogens (tertiary/aromatic N) is 1. The Morgan fingerprint density at radius 1 is 1.11 bits per heavy atom. The summed E-state index contributed by atoms with van der Waals surface area (Å²) in [7, 11) is -3.15. The van der Waals surface area contributed by atoms with Gasteiger partial charge in [0.2, 0.25) is 0 Å².